The summed E-state index contributed by atoms with van der Waals surface area (Å²) in [7, 11) is 1.68. The minimum Gasteiger partial charge on any atom is -0.497 e. The molecule has 1 aliphatic heterocycles. The number of ether oxygens (including phenoxy) is 1. The summed E-state index contributed by atoms with van der Waals surface area (Å²) in [5, 5.41) is 6.59. The van der Waals surface area contributed by atoms with E-state index in [4.69, 9.17) is 4.74 Å². The zero-order valence-electron chi connectivity index (χ0n) is 15.4. The lowest BCUT2D eigenvalue weighted by atomic mass is 9.78. The van der Waals surface area contributed by atoms with Gasteiger partial charge in [0, 0.05) is 32.7 Å². The highest BCUT2D eigenvalue weighted by Crippen LogP contribution is 2.42. The molecule has 0 radical (unpaired) electrons. The normalized spacial score (nSPS) is 20.4. The van der Waals surface area contributed by atoms with E-state index < -0.39 is 0 Å². The van der Waals surface area contributed by atoms with Gasteiger partial charge >= 0.3 is 0 Å². The average Bonchev–Trinajstić information content (AvgIpc) is 3.17. The van der Waals surface area contributed by atoms with Gasteiger partial charge in [-0.2, -0.15) is 0 Å². The number of nitrogens with zero attached hydrogens (tertiary/aromatic N) is 1. The minimum atomic E-state index is -0.371. The van der Waals surface area contributed by atoms with E-state index in [1.54, 1.807) is 7.11 Å². The van der Waals surface area contributed by atoms with Gasteiger partial charge in [0.25, 0.3) is 0 Å². The highest BCUT2D eigenvalue weighted by molar-refractivity contribution is 5.88. The van der Waals surface area contributed by atoms with Gasteiger partial charge in [-0.15, -0.1) is 0 Å². The van der Waals surface area contributed by atoms with Crippen molar-refractivity contribution in [1.29, 1.82) is 0 Å². The smallest absolute Gasteiger partial charge is 0.230 e. The molecule has 0 spiro atoms. The maximum atomic E-state index is 13.0. The van der Waals surface area contributed by atoms with E-state index in [0.717, 1.165) is 82.7 Å². The molecule has 0 aromatic heterocycles. The van der Waals surface area contributed by atoms with Crippen molar-refractivity contribution in [2.75, 3.05) is 46.4 Å². The molecule has 1 aromatic carbocycles. The summed E-state index contributed by atoms with van der Waals surface area (Å²) in [4.78, 5) is 15.5. The second-order valence-electron chi connectivity index (χ2n) is 7.22. The van der Waals surface area contributed by atoms with Gasteiger partial charge in [0.1, 0.15) is 5.75 Å². The number of rotatable bonds is 7. The predicted octanol–water partition coefficient (Wildman–Crippen LogP) is 1.92. The van der Waals surface area contributed by atoms with Crippen LogP contribution in [0.1, 0.15) is 37.7 Å². The fourth-order valence-electron chi connectivity index (χ4n) is 4.15. The summed E-state index contributed by atoms with van der Waals surface area (Å²) in [6.07, 6.45) is 5.12. The van der Waals surface area contributed by atoms with Gasteiger partial charge in [0.15, 0.2) is 0 Å². The number of carbonyl (C=O) groups is 1. The Morgan fingerprint density at radius 3 is 2.76 bits per heavy atom. The summed E-state index contributed by atoms with van der Waals surface area (Å²) < 4.78 is 5.36. The lowest BCUT2D eigenvalue weighted by Crippen LogP contribution is -2.45. The van der Waals surface area contributed by atoms with Gasteiger partial charge in [0.2, 0.25) is 5.91 Å². The number of hydrogen-bond donors (Lipinski definition) is 2. The Labute approximate surface area is 151 Å². The number of nitrogens with one attached hydrogen (secondary N) is 2. The Balaban J connectivity index is 1.57. The Hall–Kier alpha value is -1.59. The van der Waals surface area contributed by atoms with Crippen molar-refractivity contribution in [3.05, 3.63) is 29.8 Å². The van der Waals surface area contributed by atoms with Gasteiger partial charge in [-0.3, -0.25) is 4.79 Å². The molecule has 138 valence electrons. The molecule has 1 heterocycles. The lowest BCUT2D eigenvalue weighted by Gasteiger charge is -2.29. The first-order chi connectivity index (χ1) is 12.2. The summed E-state index contributed by atoms with van der Waals surface area (Å²) >= 11 is 0. The van der Waals surface area contributed by atoms with Gasteiger partial charge in [-0.05, 0) is 43.5 Å². The molecule has 3 rings (SSSR count). The first-order valence-corrected chi connectivity index (χ1v) is 9.60. The third-order valence-electron chi connectivity index (χ3n) is 5.66. The molecule has 0 bridgehead atoms. The molecular weight excluding hydrogens is 314 g/mol. The number of amides is 1. The highest BCUT2D eigenvalue weighted by Gasteiger charge is 2.42. The molecule has 1 saturated carbocycles. The molecule has 1 aromatic rings. The summed E-state index contributed by atoms with van der Waals surface area (Å²) in [6, 6.07) is 8.04. The summed E-state index contributed by atoms with van der Waals surface area (Å²) in [5.74, 6) is 1.02. The van der Waals surface area contributed by atoms with Crippen LogP contribution in [0.2, 0.25) is 0 Å². The maximum absolute atomic E-state index is 13.0. The van der Waals surface area contributed by atoms with E-state index in [2.05, 4.69) is 21.6 Å². The molecule has 1 amide bonds. The van der Waals surface area contributed by atoms with E-state index in [0.29, 0.717) is 0 Å². The fraction of sp³-hybridized carbons (Fsp3) is 0.650. The summed E-state index contributed by atoms with van der Waals surface area (Å²) in [6.45, 7) is 6.20. The monoisotopic (exact) mass is 345 g/mol. The third-order valence-corrected chi connectivity index (χ3v) is 5.66. The van der Waals surface area contributed by atoms with Crippen LogP contribution in [0, 0.1) is 0 Å². The van der Waals surface area contributed by atoms with Gasteiger partial charge < -0.3 is 20.3 Å². The van der Waals surface area contributed by atoms with Crippen molar-refractivity contribution < 1.29 is 9.53 Å². The lowest BCUT2D eigenvalue weighted by molar-refractivity contribution is -0.126. The SMILES string of the molecule is COc1cccc(C2(C(=O)NCCCN3CCNCC3)CCCC2)c1. The first-order valence-electron chi connectivity index (χ1n) is 9.60. The Morgan fingerprint density at radius 1 is 1.28 bits per heavy atom. The number of carbonyl (C=O) groups excluding carboxylic acids is 1. The molecule has 5 nitrogen and oxygen atoms in total. The van der Waals surface area contributed by atoms with E-state index >= 15 is 0 Å². The topological polar surface area (TPSA) is 53.6 Å². The largest absolute Gasteiger partial charge is 0.497 e. The molecule has 2 N–H and O–H groups in total. The zero-order valence-corrected chi connectivity index (χ0v) is 15.4. The number of hydrogen-bond acceptors (Lipinski definition) is 4. The van der Waals surface area contributed by atoms with Crippen molar-refractivity contribution in [3.8, 4) is 5.75 Å². The van der Waals surface area contributed by atoms with E-state index in [9.17, 15) is 4.79 Å². The van der Waals surface area contributed by atoms with Gasteiger partial charge in [-0.1, -0.05) is 25.0 Å². The Kier molecular flexibility index (Phi) is 6.32. The predicted molar refractivity (Wildman–Crippen MR) is 100 cm³/mol. The Bertz CT molecular complexity index is 564. The van der Waals surface area contributed by atoms with Crippen LogP contribution in [-0.4, -0.2) is 57.2 Å². The second kappa shape index (κ2) is 8.68. The molecule has 25 heavy (non-hydrogen) atoms. The number of methoxy groups -OCH3 is 1. The number of benzene rings is 1. The molecule has 2 aliphatic rings. The van der Waals surface area contributed by atoms with Crippen LogP contribution < -0.4 is 15.4 Å². The highest BCUT2D eigenvalue weighted by atomic mass is 16.5. The molecule has 5 heteroatoms. The van der Waals surface area contributed by atoms with Crippen LogP contribution in [0.4, 0.5) is 0 Å². The van der Waals surface area contributed by atoms with Crippen LogP contribution in [0.5, 0.6) is 5.75 Å². The van der Waals surface area contributed by atoms with Crippen LogP contribution in [-0.2, 0) is 10.2 Å². The van der Waals surface area contributed by atoms with Gasteiger partial charge in [0.05, 0.1) is 12.5 Å². The maximum Gasteiger partial charge on any atom is 0.230 e. The van der Waals surface area contributed by atoms with Crippen LogP contribution in [0.3, 0.4) is 0 Å². The Morgan fingerprint density at radius 2 is 2.04 bits per heavy atom. The van der Waals surface area contributed by atoms with Crippen molar-refractivity contribution in [2.45, 2.75) is 37.5 Å². The minimum absolute atomic E-state index is 0.193. The van der Waals surface area contributed by atoms with Crippen molar-refractivity contribution >= 4 is 5.91 Å². The van der Waals surface area contributed by atoms with Crippen LogP contribution >= 0.6 is 0 Å². The first kappa shape index (κ1) is 18.2. The third kappa shape index (κ3) is 4.33. The van der Waals surface area contributed by atoms with Crippen LogP contribution in [0.25, 0.3) is 0 Å². The molecular formula is C20H31N3O2. The number of piperazine rings is 1. The van der Waals surface area contributed by atoms with Crippen molar-refractivity contribution in [2.24, 2.45) is 0 Å². The second-order valence-corrected chi connectivity index (χ2v) is 7.22. The van der Waals surface area contributed by atoms with Crippen molar-refractivity contribution in [1.82, 2.24) is 15.5 Å². The van der Waals surface area contributed by atoms with E-state index in [-0.39, 0.29) is 11.3 Å². The van der Waals surface area contributed by atoms with Crippen molar-refractivity contribution in [3.63, 3.8) is 0 Å². The standard InChI is InChI=1S/C20H31N3O2/c1-25-18-7-4-6-17(16-18)20(8-2-3-9-20)19(24)22-10-5-13-23-14-11-21-12-15-23/h4,6-7,16,21H,2-3,5,8-15H2,1H3,(H,22,24). The van der Waals surface area contributed by atoms with Gasteiger partial charge in [-0.25, -0.2) is 0 Å². The molecule has 2 fully saturated rings. The fourth-order valence-corrected chi connectivity index (χ4v) is 4.15. The molecule has 1 aliphatic carbocycles. The average molecular weight is 345 g/mol. The van der Waals surface area contributed by atoms with E-state index in [1.165, 1.54) is 0 Å². The summed E-state index contributed by atoms with van der Waals surface area (Å²) in [5.41, 5.74) is 0.729. The zero-order chi connectivity index (χ0) is 17.5. The van der Waals surface area contributed by atoms with Crippen LogP contribution in [0.15, 0.2) is 24.3 Å². The molecule has 1 saturated heterocycles. The molecule has 0 atom stereocenters. The quantitative estimate of drug-likeness (QED) is 0.742. The van der Waals surface area contributed by atoms with E-state index in [1.807, 2.05) is 18.2 Å². The molecule has 0 unspecified atom stereocenters.